The van der Waals surface area contributed by atoms with E-state index >= 15 is 0 Å². The molecule has 0 fully saturated rings. The van der Waals surface area contributed by atoms with Crippen LogP contribution in [0.15, 0.2) is 45.1 Å². The maximum absolute atomic E-state index is 12.0. The zero-order valence-electron chi connectivity index (χ0n) is 9.27. The van der Waals surface area contributed by atoms with Crippen molar-refractivity contribution in [2.24, 2.45) is 0 Å². The van der Waals surface area contributed by atoms with E-state index in [2.05, 4.69) is 15.9 Å². The van der Waals surface area contributed by atoms with Crippen molar-refractivity contribution < 1.29 is 4.79 Å². The number of thiophene rings is 1. The maximum atomic E-state index is 12.0. The van der Waals surface area contributed by atoms with E-state index in [4.69, 9.17) is 0 Å². The number of Topliss-reactive ketones (excluding diaryl/α,β-unsaturated/α-hetero) is 1. The standard InChI is InChI=1S/C13H11BrOS2/c1-9-10(6-7-16-9)12(15)8-17-13-5-3-2-4-11(13)14/h2-7H,8H2,1H3. The lowest BCUT2D eigenvalue weighted by atomic mass is 10.2. The Balaban J connectivity index is 2.02. The van der Waals surface area contributed by atoms with Gasteiger partial charge in [0.2, 0.25) is 0 Å². The molecule has 0 saturated carbocycles. The largest absolute Gasteiger partial charge is 0.293 e. The third-order valence-electron chi connectivity index (χ3n) is 2.35. The zero-order chi connectivity index (χ0) is 12.3. The van der Waals surface area contributed by atoms with Crippen molar-refractivity contribution in [3.63, 3.8) is 0 Å². The fraction of sp³-hybridized carbons (Fsp3) is 0.154. The molecule has 0 aliphatic rings. The van der Waals surface area contributed by atoms with E-state index < -0.39 is 0 Å². The van der Waals surface area contributed by atoms with Gasteiger partial charge in [0, 0.05) is 19.8 Å². The van der Waals surface area contributed by atoms with Crippen LogP contribution in [0.5, 0.6) is 0 Å². The molecule has 0 aliphatic heterocycles. The molecule has 1 aromatic carbocycles. The van der Waals surface area contributed by atoms with Gasteiger partial charge in [-0.15, -0.1) is 23.1 Å². The van der Waals surface area contributed by atoms with Gasteiger partial charge in [-0.3, -0.25) is 4.79 Å². The normalized spacial score (nSPS) is 10.5. The summed E-state index contributed by atoms with van der Waals surface area (Å²) in [6.07, 6.45) is 0. The van der Waals surface area contributed by atoms with Crippen molar-refractivity contribution in [1.29, 1.82) is 0 Å². The number of aryl methyl sites for hydroxylation is 1. The van der Waals surface area contributed by atoms with Gasteiger partial charge < -0.3 is 0 Å². The predicted molar refractivity (Wildman–Crippen MR) is 78.3 cm³/mol. The number of ketones is 1. The molecule has 2 rings (SSSR count). The lowest BCUT2D eigenvalue weighted by Crippen LogP contribution is -2.02. The molecule has 0 amide bonds. The molecular weight excluding hydrogens is 316 g/mol. The minimum absolute atomic E-state index is 0.199. The highest BCUT2D eigenvalue weighted by Crippen LogP contribution is 2.28. The van der Waals surface area contributed by atoms with E-state index in [-0.39, 0.29) is 5.78 Å². The number of hydrogen-bond acceptors (Lipinski definition) is 3. The molecule has 0 atom stereocenters. The molecule has 1 nitrogen and oxygen atoms in total. The number of benzene rings is 1. The second-order valence-corrected chi connectivity index (χ2v) is 6.52. The Morgan fingerprint density at radius 2 is 2.12 bits per heavy atom. The molecule has 2 aromatic rings. The first-order chi connectivity index (χ1) is 8.18. The molecule has 4 heteroatoms. The van der Waals surface area contributed by atoms with Crippen LogP contribution in [-0.2, 0) is 0 Å². The number of thioether (sulfide) groups is 1. The first-order valence-corrected chi connectivity index (χ1v) is 7.79. The number of carbonyl (C=O) groups excluding carboxylic acids is 1. The zero-order valence-corrected chi connectivity index (χ0v) is 12.5. The summed E-state index contributed by atoms with van der Waals surface area (Å²) in [5.41, 5.74) is 0.856. The van der Waals surface area contributed by atoms with Crippen LogP contribution in [0.3, 0.4) is 0 Å². The van der Waals surface area contributed by atoms with Crippen molar-refractivity contribution in [3.05, 3.63) is 50.6 Å². The maximum Gasteiger partial charge on any atom is 0.174 e. The molecule has 0 saturated heterocycles. The fourth-order valence-corrected chi connectivity index (χ4v) is 3.63. The summed E-state index contributed by atoms with van der Waals surface area (Å²) in [6, 6.07) is 9.86. The van der Waals surface area contributed by atoms with E-state index in [0.717, 1.165) is 19.8 Å². The SMILES string of the molecule is Cc1sccc1C(=O)CSc1ccccc1Br. The van der Waals surface area contributed by atoms with Crippen LogP contribution in [0.1, 0.15) is 15.2 Å². The van der Waals surface area contributed by atoms with Gasteiger partial charge in [-0.2, -0.15) is 0 Å². The quantitative estimate of drug-likeness (QED) is 0.593. The van der Waals surface area contributed by atoms with Gasteiger partial charge in [-0.05, 0) is 46.4 Å². The molecule has 0 aliphatic carbocycles. The average molecular weight is 327 g/mol. The van der Waals surface area contributed by atoms with Crippen molar-refractivity contribution in [3.8, 4) is 0 Å². The number of rotatable bonds is 4. The minimum Gasteiger partial charge on any atom is -0.293 e. The lowest BCUT2D eigenvalue weighted by Gasteiger charge is -2.03. The van der Waals surface area contributed by atoms with Gasteiger partial charge >= 0.3 is 0 Å². The Morgan fingerprint density at radius 1 is 1.35 bits per heavy atom. The summed E-state index contributed by atoms with van der Waals surface area (Å²) in [4.78, 5) is 14.2. The Morgan fingerprint density at radius 3 is 2.76 bits per heavy atom. The highest BCUT2D eigenvalue weighted by atomic mass is 79.9. The molecular formula is C13H11BrOS2. The molecule has 1 heterocycles. The molecule has 0 unspecified atom stereocenters. The molecule has 0 N–H and O–H groups in total. The third-order valence-corrected chi connectivity index (χ3v) is 5.23. The summed E-state index contributed by atoms with van der Waals surface area (Å²) >= 11 is 6.67. The van der Waals surface area contributed by atoms with Gasteiger partial charge in [-0.25, -0.2) is 0 Å². The van der Waals surface area contributed by atoms with Gasteiger partial charge in [0.05, 0.1) is 5.75 Å². The molecule has 0 bridgehead atoms. The van der Waals surface area contributed by atoms with Crippen LogP contribution in [-0.4, -0.2) is 11.5 Å². The molecule has 0 radical (unpaired) electrons. The van der Waals surface area contributed by atoms with E-state index in [1.807, 2.05) is 42.6 Å². The van der Waals surface area contributed by atoms with Gasteiger partial charge in [0.1, 0.15) is 0 Å². The highest BCUT2D eigenvalue weighted by Gasteiger charge is 2.11. The summed E-state index contributed by atoms with van der Waals surface area (Å²) < 4.78 is 1.04. The Labute approximate surface area is 117 Å². The van der Waals surface area contributed by atoms with E-state index in [9.17, 15) is 4.79 Å². The van der Waals surface area contributed by atoms with Crippen molar-refractivity contribution >= 4 is 44.8 Å². The van der Waals surface area contributed by atoms with Crippen LogP contribution in [0.2, 0.25) is 0 Å². The smallest absolute Gasteiger partial charge is 0.174 e. The summed E-state index contributed by atoms with van der Waals surface area (Å²) in [6.45, 7) is 1.99. The van der Waals surface area contributed by atoms with E-state index in [1.165, 1.54) is 0 Å². The predicted octanol–water partition coefficient (Wildman–Crippen LogP) is 4.79. The van der Waals surface area contributed by atoms with Crippen molar-refractivity contribution in [2.45, 2.75) is 11.8 Å². The lowest BCUT2D eigenvalue weighted by molar-refractivity contribution is 0.102. The third kappa shape index (κ3) is 3.21. The molecule has 0 spiro atoms. The topological polar surface area (TPSA) is 17.1 Å². The average Bonchev–Trinajstić information content (AvgIpc) is 2.74. The minimum atomic E-state index is 0.199. The van der Waals surface area contributed by atoms with Crippen LogP contribution >= 0.6 is 39.0 Å². The van der Waals surface area contributed by atoms with E-state index in [1.54, 1.807) is 23.1 Å². The highest BCUT2D eigenvalue weighted by molar-refractivity contribution is 9.10. The Kier molecular flexibility index (Phi) is 4.42. The number of hydrogen-bond donors (Lipinski definition) is 0. The summed E-state index contributed by atoms with van der Waals surface area (Å²) in [7, 11) is 0. The monoisotopic (exact) mass is 326 g/mol. The first-order valence-electron chi connectivity index (χ1n) is 5.13. The van der Waals surface area contributed by atoms with Crippen LogP contribution in [0.4, 0.5) is 0 Å². The number of carbonyl (C=O) groups is 1. The van der Waals surface area contributed by atoms with E-state index in [0.29, 0.717) is 5.75 Å². The van der Waals surface area contributed by atoms with Gasteiger partial charge in [0.15, 0.2) is 5.78 Å². The van der Waals surface area contributed by atoms with Crippen LogP contribution in [0.25, 0.3) is 0 Å². The first kappa shape index (κ1) is 12.9. The Hall–Kier alpha value is -0.580. The van der Waals surface area contributed by atoms with Crippen molar-refractivity contribution in [2.75, 3.05) is 5.75 Å². The molecule has 88 valence electrons. The van der Waals surface area contributed by atoms with Crippen molar-refractivity contribution in [1.82, 2.24) is 0 Å². The molecule has 1 aromatic heterocycles. The van der Waals surface area contributed by atoms with Gasteiger partial charge in [0.25, 0.3) is 0 Å². The second-order valence-electron chi connectivity index (χ2n) is 3.53. The van der Waals surface area contributed by atoms with Gasteiger partial charge in [-0.1, -0.05) is 12.1 Å². The Bertz CT molecular complexity index is 534. The fourth-order valence-electron chi connectivity index (χ4n) is 1.46. The molecule has 17 heavy (non-hydrogen) atoms. The summed E-state index contributed by atoms with van der Waals surface area (Å²) in [5.74, 6) is 0.685. The number of halogens is 1. The second kappa shape index (κ2) is 5.85. The van der Waals surface area contributed by atoms with Crippen LogP contribution in [0, 0.1) is 6.92 Å². The summed E-state index contributed by atoms with van der Waals surface area (Å²) in [5, 5.41) is 1.96. The van der Waals surface area contributed by atoms with Crippen LogP contribution < -0.4 is 0 Å².